The quantitative estimate of drug-likeness (QED) is 0.851. The van der Waals surface area contributed by atoms with E-state index in [1.165, 1.54) is 11.1 Å². The Morgan fingerprint density at radius 2 is 1.90 bits per heavy atom. The van der Waals surface area contributed by atoms with Crippen LogP contribution in [0, 0.1) is 0 Å². The molecule has 0 bridgehead atoms. The summed E-state index contributed by atoms with van der Waals surface area (Å²) in [5, 5.41) is 3.38. The highest BCUT2D eigenvalue weighted by atomic mass is 16.5. The minimum absolute atomic E-state index is 0.00782. The molecule has 1 heterocycles. The van der Waals surface area contributed by atoms with Gasteiger partial charge in [-0.25, -0.2) is 0 Å². The van der Waals surface area contributed by atoms with E-state index in [1.54, 1.807) is 17.7 Å². The Labute approximate surface area is 125 Å². The molecular formula is C17H22N2O2. The minimum Gasteiger partial charge on any atom is -0.383 e. The summed E-state index contributed by atoms with van der Waals surface area (Å²) in [5.74, 6) is 0. The van der Waals surface area contributed by atoms with Crippen molar-refractivity contribution in [2.24, 2.45) is 0 Å². The molecular weight excluding hydrogens is 264 g/mol. The van der Waals surface area contributed by atoms with Crippen LogP contribution in [0.25, 0.3) is 0 Å². The second-order valence-corrected chi connectivity index (χ2v) is 4.92. The summed E-state index contributed by atoms with van der Waals surface area (Å²) >= 11 is 0. The maximum absolute atomic E-state index is 11.7. The Morgan fingerprint density at radius 1 is 1.14 bits per heavy atom. The van der Waals surface area contributed by atoms with Gasteiger partial charge in [0, 0.05) is 32.5 Å². The Hall–Kier alpha value is -2.07. The fourth-order valence-electron chi connectivity index (χ4n) is 2.27. The van der Waals surface area contributed by atoms with Gasteiger partial charge in [0.1, 0.15) is 0 Å². The number of anilines is 1. The zero-order valence-corrected chi connectivity index (χ0v) is 12.6. The highest BCUT2D eigenvalue weighted by Gasteiger charge is 2.01. The number of aryl methyl sites for hydroxylation is 1. The van der Waals surface area contributed by atoms with Crippen LogP contribution in [-0.4, -0.2) is 18.3 Å². The van der Waals surface area contributed by atoms with Crippen molar-refractivity contribution < 1.29 is 4.74 Å². The highest BCUT2D eigenvalue weighted by molar-refractivity contribution is 5.42. The average Bonchev–Trinajstić information content (AvgIpc) is 2.53. The van der Waals surface area contributed by atoms with E-state index in [4.69, 9.17) is 4.74 Å². The molecule has 0 unspecified atom stereocenters. The van der Waals surface area contributed by atoms with Crippen molar-refractivity contribution in [2.45, 2.75) is 26.4 Å². The zero-order valence-electron chi connectivity index (χ0n) is 12.6. The zero-order chi connectivity index (χ0) is 15.1. The lowest BCUT2D eigenvalue weighted by atomic mass is 10.1. The number of ether oxygens (including phenoxy) is 1. The summed E-state index contributed by atoms with van der Waals surface area (Å²) in [4.78, 5) is 11.7. The summed E-state index contributed by atoms with van der Waals surface area (Å²) in [7, 11) is 1.63. The van der Waals surface area contributed by atoms with Gasteiger partial charge < -0.3 is 14.6 Å². The number of aromatic nitrogens is 1. The van der Waals surface area contributed by atoms with Crippen LogP contribution in [0.1, 0.15) is 18.1 Å². The molecule has 4 nitrogen and oxygen atoms in total. The second-order valence-electron chi connectivity index (χ2n) is 4.92. The molecule has 1 aromatic heterocycles. The summed E-state index contributed by atoms with van der Waals surface area (Å²) in [6, 6.07) is 11.8. The monoisotopic (exact) mass is 286 g/mol. The van der Waals surface area contributed by atoms with Crippen LogP contribution in [-0.2, 0) is 24.2 Å². The molecule has 0 radical (unpaired) electrons. The van der Waals surface area contributed by atoms with Gasteiger partial charge in [-0.3, -0.25) is 4.79 Å². The summed E-state index contributed by atoms with van der Waals surface area (Å²) in [5.41, 5.74) is 3.57. The molecule has 0 aliphatic heterocycles. The summed E-state index contributed by atoms with van der Waals surface area (Å²) < 4.78 is 6.68. The first kappa shape index (κ1) is 15.3. The van der Waals surface area contributed by atoms with Crippen LogP contribution >= 0.6 is 0 Å². The molecule has 21 heavy (non-hydrogen) atoms. The number of methoxy groups -OCH3 is 1. The van der Waals surface area contributed by atoms with Crippen LogP contribution in [0.2, 0.25) is 0 Å². The lowest BCUT2D eigenvalue weighted by Crippen LogP contribution is -2.21. The molecule has 0 saturated heterocycles. The Bertz CT molecular complexity index is 635. The Kier molecular flexibility index (Phi) is 5.58. The third-order valence-electron chi connectivity index (χ3n) is 3.50. The number of pyridine rings is 1. The molecule has 0 aliphatic carbocycles. The highest BCUT2D eigenvalue weighted by Crippen LogP contribution is 2.12. The standard InChI is InChI=1S/C17H22N2O2/c1-3-14-6-4-5-7-15(14)12-18-16-8-9-17(20)19(13-16)10-11-21-2/h4-9,13,18H,3,10-12H2,1-2H3. The topological polar surface area (TPSA) is 43.3 Å². The summed E-state index contributed by atoms with van der Waals surface area (Å²) in [6.07, 6.45) is 2.86. The molecule has 2 rings (SSSR count). The molecule has 4 heteroatoms. The van der Waals surface area contributed by atoms with E-state index in [9.17, 15) is 4.79 Å². The van der Waals surface area contributed by atoms with Gasteiger partial charge in [0.05, 0.1) is 12.3 Å². The Morgan fingerprint density at radius 3 is 2.62 bits per heavy atom. The lowest BCUT2D eigenvalue weighted by molar-refractivity contribution is 0.186. The molecule has 2 aromatic rings. The summed E-state index contributed by atoms with van der Waals surface area (Å²) in [6.45, 7) is 4.01. The van der Waals surface area contributed by atoms with E-state index in [2.05, 4.69) is 36.5 Å². The van der Waals surface area contributed by atoms with Crippen LogP contribution in [0.5, 0.6) is 0 Å². The van der Waals surface area contributed by atoms with Gasteiger partial charge in [-0.2, -0.15) is 0 Å². The van der Waals surface area contributed by atoms with E-state index in [0.717, 1.165) is 18.7 Å². The first-order valence-electron chi connectivity index (χ1n) is 7.24. The van der Waals surface area contributed by atoms with Crippen molar-refractivity contribution in [3.8, 4) is 0 Å². The third kappa shape index (κ3) is 4.20. The van der Waals surface area contributed by atoms with Crippen LogP contribution in [0.4, 0.5) is 5.69 Å². The van der Waals surface area contributed by atoms with Crippen molar-refractivity contribution in [1.29, 1.82) is 0 Å². The third-order valence-corrected chi connectivity index (χ3v) is 3.50. The molecule has 112 valence electrons. The molecule has 0 aliphatic rings. The predicted molar refractivity (Wildman–Crippen MR) is 85.7 cm³/mol. The van der Waals surface area contributed by atoms with Crippen LogP contribution in [0.15, 0.2) is 47.4 Å². The van der Waals surface area contributed by atoms with E-state index >= 15 is 0 Å². The van der Waals surface area contributed by atoms with Gasteiger partial charge in [0.25, 0.3) is 5.56 Å². The second kappa shape index (κ2) is 7.64. The first-order valence-corrected chi connectivity index (χ1v) is 7.24. The number of rotatable bonds is 7. The molecule has 0 fully saturated rings. The number of hydrogen-bond acceptors (Lipinski definition) is 3. The van der Waals surface area contributed by atoms with Gasteiger partial charge >= 0.3 is 0 Å². The van der Waals surface area contributed by atoms with Gasteiger partial charge in [0.15, 0.2) is 0 Å². The molecule has 0 amide bonds. The smallest absolute Gasteiger partial charge is 0.250 e. The largest absolute Gasteiger partial charge is 0.383 e. The van der Waals surface area contributed by atoms with Gasteiger partial charge in [-0.15, -0.1) is 0 Å². The molecule has 1 aromatic carbocycles. The van der Waals surface area contributed by atoms with E-state index in [-0.39, 0.29) is 5.56 Å². The van der Waals surface area contributed by atoms with Crippen LogP contribution in [0.3, 0.4) is 0 Å². The first-order chi connectivity index (χ1) is 10.2. The van der Waals surface area contributed by atoms with Crippen molar-refractivity contribution in [2.75, 3.05) is 19.0 Å². The fraction of sp³-hybridized carbons (Fsp3) is 0.353. The van der Waals surface area contributed by atoms with Crippen molar-refractivity contribution in [1.82, 2.24) is 4.57 Å². The van der Waals surface area contributed by atoms with Gasteiger partial charge in [-0.1, -0.05) is 31.2 Å². The lowest BCUT2D eigenvalue weighted by Gasteiger charge is -2.12. The number of benzene rings is 1. The van der Waals surface area contributed by atoms with Crippen LogP contribution < -0.4 is 10.9 Å². The van der Waals surface area contributed by atoms with Crippen molar-refractivity contribution >= 4 is 5.69 Å². The molecule has 0 atom stereocenters. The number of hydrogen-bond donors (Lipinski definition) is 1. The maximum atomic E-state index is 11.7. The molecule has 1 N–H and O–H groups in total. The van der Waals surface area contributed by atoms with Crippen molar-refractivity contribution in [3.63, 3.8) is 0 Å². The molecule has 0 spiro atoms. The van der Waals surface area contributed by atoms with Crippen molar-refractivity contribution in [3.05, 3.63) is 64.1 Å². The van der Waals surface area contributed by atoms with E-state index in [0.29, 0.717) is 13.2 Å². The average molecular weight is 286 g/mol. The Balaban J connectivity index is 2.07. The number of nitrogens with one attached hydrogen (secondary N) is 1. The number of nitrogens with zero attached hydrogens (tertiary/aromatic N) is 1. The SMILES string of the molecule is CCc1ccccc1CNc1ccc(=O)n(CCOC)c1. The minimum atomic E-state index is -0.00782. The van der Waals surface area contributed by atoms with Gasteiger partial charge in [-0.05, 0) is 23.6 Å². The normalized spacial score (nSPS) is 10.6. The van der Waals surface area contributed by atoms with E-state index < -0.39 is 0 Å². The maximum Gasteiger partial charge on any atom is 0.250 e. The van der Waals surface area contributed by atoms with E-state index in [1.807, 2.05) is 12.3 Å². The predicted octanol–water partition coefficient (Wildman–Crippen LogP) is 2.67. The molecule has 0 saturated carbocycles. The fourth-order valence-corrected chi connectivity index (χ4v) is 2.27. The van der Waals surface area contributed by atoms with Gasteiger partial charge in [0.2, 0.25) is 0 Å².